The second-order valence-corrected chi connectivity index (χ2v) is 14.4. The number of anilines is 3. The van der Waals surface area contributed by atoms with Gasteiger partial charge >= 0.3 is 0 Å². The summed E-state index contributed by atoms with van der Waals surface area (Å²) in [5, 5.41) is 2.44. The molecule has 0 unspecified atom stereocenters. The Bertz CT molecular complexity index is 2840. The lowest BCUT2D eigenvalue weighted by Crippen LogP contribution is -2.25. The molecular formula is C53H35N. The molecule has 11 rings (SSSR count). The molecule has 9 aromatic carbocycles. The molecule has 252 valence electrons. The number of nitrogens with zero attached hydrogens (tertiary/aromatic N) is 1. The van der Waals surface area contributed by atoms with Crippen molar-refractivity contribution in [3.8, 4) is 44.5 Å². The van der Waals surface area contributed by atoms with Crippen molar-refractivity contribution in [3.05, 3.63) is 235 Å². The van der Waals surface area contributed by atoms with Crippen LogP contribution in [0, 0.1) is 0 Å². The van der Waals surface area contributed by atoms with Gasteiger partial charge in [-0.25, -0.2) is 0 Å². The van der Waals surface area contributed by atoms with Crippen LogP contribution in [0.4, 0.5) is 17.1 Å². The molecule has 2 aliphatic carbocycles. The third kappa shape index (κ3) is 4.39. The molecule has 1 spiro atoms. The van der Waals surface area contributed by atoms with Crippen LogP contribution in [-0.4, -0.2) is 0 Å². The zero-order valence-corrected chi connectivity index (χ0v) is 29.7. The number of para-hydroxylation sites is 1. The van der Waals surface area contributed by atoms with E-state index in [0.717, 1.165) is 17.1 Å². The van der Waals surface area contributed by atoms with Gasteiger partial charge in [0.15, 0.2) is 0 Å². The highest BCUT2D eigenvalue weighted by Crippen LogP contribution is 2.63. The average molecular weight is 686 g/mol. The maximum atomic E-state index is 2.46. The molecule has 0 atom stereocenters. The van der Waals surface area contributed by atoms with Crippen molar-refractivity contribution in [3.63, 3.8) is 0 Å². The minimum atomic E-state index is -0.369. The first-order valence-corrected chi connectivity index (χ1v) is 18.8. The monoisotopic (exact) mass is 685 g/mol. The maximum Gasteiger partial charge on any atom is 0.0725 e. The van der Waals surface area contributed by atoms with Gasteiger partial charge in [0.05, 0.1) is 11.1 Å². The Morgan fingerprint density at radius 3 is 1.48 bits per heavy atom. The normalized spacial score (nSPS) is 13.0. The molecule has 0 aliphatic heterocycles. The van der Waals surface area contributed by atoms with Crippen LogP contribution in [0.3, 0.4) is 0 Å². The van der Waals surface area contributed by atoms with E-state index >= 15 is 0 Å². The third-order valence-corrected chi connectivity index (χ3v) is 11.7. The highest BCUT2D eigenvalue weighted by Gasteiger charge is 2.51. The molecule has 0 heterocycles. The summed E-state index contributed by atoms with van der Waals surface area (Å²) < 4.78 is 0. The largest absolute Gasteiger partial charge is 0.310 e. The number of hydrogen-bond donors (Lipinski definition) is 0. The molecular weight excluding hydrogens is 651 g/mol. The van der Waals surface area contributed by atoms with E-state index in [-0.39, 0.29) is 5.41 Å². The van der Waals surface area contributed by atoms with Gasteiger partial charge in [-0.3, -0.25) is 0 Å². The van der Waals surface area contributed by atoms with Crippen LogP contribution in [0.25, 0.3) is 55.3 Å². The molecule has 1 heteroatoms. The lowest BCUT2D eigenvalue weighted by atomic mass is 9.70. The van der Waals surface area contributed by atoms with Gasteiger partial charge in [-0.2, -0.15) is 0 Å². The predicted octanol–water partition coefficient (Wildman–Crippen LogP) is 14.0. The van der Waals surface area contributed by atoms with Crippen LogP contribution in [0.2, 0.25) is 0 Å². The van der Waals surface area contributed by atoms with Crippen molar-refractivity contribution in [2.24, 2.45) is 0 Å². The lowest BCUT2D eigenvalue weighted by Gasteiger charge is -2.31. The Balaban J connectivity index is 1.15. The summed E-state index contributed by atoms with van der Waals surface area (Å²) in [6, 6.07) is 78.2. The topological polar surface area (TPSA) is 3.24 Å². The van der Waals surface area contributed by atoms with E-state index in [9.17, 15) is 0 Å². The van der Waals surface area contributed by atoms with E-state index in [1.165, 1.54) is 77.5 Å². The fourth-order valence-corrected chi connectivity index (χ4v) is 9.48. The van der Waals surface area contributed by atoms with E-state index in [0.29, 0.717) is 0 Å². The van der Waals surface area contributed by atoms with Crippen LogP contribution < -0.4 is 4.90 Å². The molecule has 9 aromatic rings. The highest BCUT2D eigenvalue weighted by molar-refractivity contribution is 6.08. The Kier molecular flexibility index (Phi) is 6.84. The van der Waals surface area contributed by atoms with Crippen LogP contribution in [0.5, 0.6) is 0 Å². The molecule has 54 heavy (non-hydrogen) atoms. The second kappa shape index (κ2) is 12.0. The molecule has 0 fully saturated rings. The van der Waals surface area contributed by atoms with Gasteiger partial charge in [0.2, 0.25) is 0 Å². The number of hydrogen-bond acceptors (Lipinski definition) is 1. The summed E-state index contributed by atoms with van der Waals surface area (Å²) >= 11 is 0. The fourth-order valence-electron chi connectivity index (χ4n) is 9.48. The fraction of sp³-hybridized carbons (Fsp3) is 0.0189. The Hall–Kier alpha value is -6.96. The van der Waals surface area contributed by atoms with Crippen molar-refractivity contribution in [2.45, 2.75) is 5.41 Å². The quantitative estimate of drug-likeness (QED) is 0.174. The number of fused-ring (bicyclic) bond motifs is 11. The van der Waals surface area contributed by atoms with Gasteiger partial charge in [-0.1, -0.05) is 176 Å². The summed E-state index contributed by atoms with van der Waals surface area (Å²) in [4.78, 5) is 2.46. The SMILES string of the molecule is c1ccc(-c2cccc(-c3cccc4cccc(N(c5ccccc5)c5ccc6c(c5)-c5ccccc5C65c6ccccc6-c6ccccc65)c34)c2)cc1. The van der Waals surface area contributed by atoms with Gasteiger partial charge in [0.25, 0.3) is 0 Å². The Morgan fingerprint density at radius 1 is 0.296 bits per heavy atom. The maximum absolute atomic E-state index is 2.46. The molecule has 0 saturated heterocycles. The van der Waals surface area contributed by atoms with Crippen LogP contribution in [-0.2, 0) is 5.41 Å². The minimum Gasteiger partial charge on any atom is -0.310 e. The highest BCUT2D eigenvalue weighted by atomic mass is 15.1. The molecule has 0 amide bonds. The molecule has 0 bridgehead atoms. The first-order chi connectivity index (χ1) is 26.8. The summed E-state index contributed by atoms with van der Waals surface area (Å²) in [5.74, 6) is 0. The van der Waals surface area contributed by atoms with E-state index in [1.54, 1.807) is 0 Å². The summed E-state index contributed by atoms with van der Waals surface area (Å²) in [7, 11) is 0. The van der Waals surface area contributed by atoms with Crippen molar-refractivity contribution < 1.29 is 0 Å². The standard InChI is InChI=1S/C53H35N/c1-3-16-36(17-4-1)38-20-13-21-39(34-38)42-27-14-18-37-19-15-31-51(52(37)42)54(40-22-5-2-6-23-40)41-32-33-50-46(35-41)45-26-9-12-30-49(45)53(50)47-28-10-7-24-43(47)44-25-8-11-29-48(44)53/h1-35H. The lowest BCUT2D eigenvalue weighted by molar-refractivity contribution is 0.794. The van der Waals surface area contributed by atoms with Gasteiger partial charge in [0.1, 0.15) is 0 Å². The molecule has 0 aromatic heterocycles. The second-order valence-electron chi connectivity index (χ2n) is 14.4. The van der Waals surface area contributed by atoms with Crippen molar-refractivity contribution in [2.75, 3.05) is 4.90 Å². The first-order valence-electron chi connectivity index (χ1n) is 18.8. The summed E-state index contributed by atoms with van der Waals surface area (Å²) in [6.45, 7) is 0. The zero-order chi connectivity index (χ0) is 35.6. The van der Waals surface area contributed by atoms with Gasteiger partial charge in [-0.15, -0.1) is 0 Å². The van der Waals surface area contributed by atoms with Gasteiger partial charge in [0, 0.05) is 16.8 Å². The van der Waals surface area contributed by atoms with Gasteiger partial charge < -0.3 is 4.90 Å². The Labute approximate surface area is 316 Å². The van der Waals surface area contributed by atoms with E-state index in [1.807, 2.05) is 0 Å². The predicted molar refractivity (Wildman–Crippen MR) is 226 cm³/mol. The third-order valence-electron chi connectivity index (χ3n) is 11.7. The average Bonchev–Trinajstić information content (AvgIpc) is 3.71. The van der Waals surface area contributed by atoms with E-state index in [2.05, 4.69) is 217 Å². The minimum absolute atomic E-state index is 0.369. The smallest absolute Gasteiger partial charge is 0.0725 e. The first kappa shape index (κ1) is 30.6. The summed E-state index contributed by atoms with van der Waals surface area (Å²) in [5.41, 5.74) is 18.5. The van der Waals surface area contributed by atoms with Crippen LogP contribution >= 0.6 is 0 Å². The van der Waals surface area contributed by atoms with Crippen molar-refractivity contribution >= 4 is 27.8 Å². The number of benzene rings is 9. The molecule has 0 saturated carbocycles. The molecule has 1 nitrogen and oxygen atoms in total. The van der Waals surface area contributed by atoms with Crippen LogP contribution in [0.15, 0.2) is 212 Å². The van der Waals surface area contributed by atoms with E-state index < -0.39 is 0 Å². The Morgan fingerprint density at radius 2 is 0.796 bits per heavy atom. The van der Waals surface area contributed by atoms with Gasteiger partial charge in [-0.05, 0) is 109 Å². The summed E-state index contributed by atoms with van der Waals surface area (Å²) in [6.07, 6.45) is 0. The molecule has 0 radical (unpaired) electrons. The molecule has 0 N–H and O–H groups in total. The van der Waals surface area contributed by atoms with Crippen molar-refractivity contribution in [1.29, 1.82) is 0 Å². The zero-order valence-electron chi connectivity index (χ0n) is 29.7. The van der Waals surface area contributed by atoms with Crippen LogP contribution in [0.1, 0.15) is 22.3 Å². The van der Waals surface area contributed by atoms with E-state index in [4.69, 9.17) is 0 Å². The number of rotatable bonds is 5. The molecule has 2 aliphatic rings. The van der Waals surface area contributed by atoms with Crippen molar-refractivity contribution in [1.82, 2.24) is 0 Å².